The first-order chi connectivity index (χ1) is 13.1. The van der Waals surface area contributed by atoms with Gasteiger partial charge in [0.25, 0.3) is 11.5 Å². The van der Waals surface area contributed by atoms with Gasteiger partial charge >= 0.3 is 5.69 Å². The molecule has 1 amide bonds. The van der Waals surface area contributed by atoms with Crippen LogP contribution in [0, 0.1) is 0 Å². The third-order valence-corrected chi connectivity index (χ3v) is 4.64. The highest BCUT2D eigenvalue weighted by molar-refractivity contribution is 6.04. The molecule has 3 rings (SSSR count). The molecule has 0 spiro atoms. The van der Waals surface area contributed by atoms with Crippen molar-refractivity contribution in [2.75, 3.05) is 16.4 Å². The Kier molecular flexibility index (Phi) is 4.72. The molecule has 10 nitrogen and oxygen atoms in total. The fourth-order valence-corrected chi connectivity index (χ4v) is 2.92. The van der Waals surface area contributed by atoms with Crippen LogP contribution in [0.15, 0.2) is 27.8 Å². The molecule has 0 aliphatic carbocycles. The lowest BCUT2D eigenvalue weighted by Gasteiger charge is -2.24. The molecule has 2 atom stereocenters. The summed E-state index contributed by atoms with van der Waals surface area (Å²) in [6, 6.07) is 4.18. The standard InChI is InChI=1S/C18H21N5O5/c1-8(14(24)13-15(19)22(3)18(27)23(4)17(13)26)20-10-5-6-12-11(7-10)21-16(25)9(2)28-12/h5-9,20H,19H2,1-4H3,(H,21,25)/t8-,9+/m0/s1. The number of rotatable bonds is 4. The summed E-state index contributed by atoms with van der Waals surface area (Å²) < 4.78 is 7.38. The zero-order chi connectivity index (χ0) is 20.7. The maximum Gasteiger partial charge on any atom is 0.332 e. The van der Waals surface area contributed by atoms with Gasteiger partial charge in [-0.25, -0.2) is 4.79 Å². The van der Waals surface area contributed by atoms with Gasteiger partial charge in [-0.2, -0.15) is 0 Å². The number of ketones is 1. The number of Topliss-reactive ketones (excluding diaryl/α,β-unsaturated/α-hetero) is 1. The molecule has 1 aromatic heterocycles. The number of benzene rings is 1. The van der Waals surface area contributed by atoms with E-state index in [2.05, 4.69) is 10.6 Å². The second-order valence-electron chi connectivity index (χ2n) is 6.66. The van der Waals surface area contributed by atoms with E-state index in [1.165, 1.54) is 14.1 Å². The van der Waals surface area contributed by atoms with Crippen molar-refractivity contribution in [3.05, 3.63) is 44.6 Å². The molecule has 1 aliphatic rings. The Morgan fingerprint density at radius 2 is 1.93 bits per heavy atom. The first-order valence-corrected chi connectivity index (χ1v) is 8.59. The minimum absolute atomic E-state index is 0.188. The first-order valence-electron chi connectivity index (χ1n) is 8.59. The van der Waals surface area contributed by atoms with Crippen molar-refractivity contribution in [2.24, 2.45) is 14.1 Å². The van der Waals surface area contributed by atoms with E-state index >= 15 is 0 Å². The van der Waals surface area contributed by atoms with E-state index in [-0.39, 0.29) is 17.3 Å². The number of anilines is 3. The smallest absolute Gasteiger partial charge is 0.332 e. The van der Waals surface area contributed by atoms with Crippen LogP contribution >= 0.6 is 0 Å². The predicted octanol–water partition coefficient (Wildman–Crippen LogP) is 0.0689. The highest BCUT2D eigenvalue weighted by Crippen LogP contribution is 2.32. The van der Waals surface area contributed by atoms with E-state index in [0.717, 1.165) is 9.13 Å². The molecule has 0 fully saturated rings. The van der Waals surface area contributed by atoms with Crippen LogP contribution in [0.5, 0.6) is 5.75 Å². The van der Waals surface area contributed by atoms with Crippen molar-refractivity contribution in [1.82, 2.24) is 9.13 Å². The molecular formula is C18H21N5O5. The number of amides is 1. The number of nitrogens with one attached hydrogen (secondary N) is 2. The SMILES string of the molecule is C[C@H](Nc1ccc2c(c1)NC(=O)[C@@H](C)O2)C(=O)c1c(N)n(C)c(=O)n(C)c1=O. The van der Waals surface area contributed by atoms with Gasteiger partial charge in [0, 0.05) is 19.8 Å². The number of carbonyl (C=O) groups is 2. The van der Waals surface area contributed by atoms with Crippen molar-refractivity contribution >= 4 is 28.9 Å². The normalized spacial score (nSPS) is 16.6. The molecule has 28 heavy (non-hydrogen) atoms. The first kappa shape index (κ1) is 19.2. The molecule has 148 valence electrons. The summed E-state index contributed by atoms with van der Waals surface area (Å²) in [6.07, 6.45) is -0.587. The van der Waals surface area contributed by atoms with Gasteiger partial charge in [0.2, 0.25) is 0 Å². The van der Waals surface area contributed by atoms with Crippen molar-refractivity contribution in [3.8, 4) is 5.75 Å². The molecule has 2 heterocycles. The molecule has 0 bridgehead atoms. The molecule has 0 unspecified atom stereocenters. The van der Waals surface area contributed by atoms with Crippen LogP contribution in [0.25, 0.3) is 0 Å². The number of hydrogen-bond donors (Lipinski definition) is 3. The van der Waals surface area contributed by atoms with E-state index in [0.29, 0.717) is 17.1 Å². The van der Waals surface area contributed by atoms with E-state index < -0.39 is 29.2 Å². The fraction of sp³-hybridized carbons (Fsp3) is 0.333. The summed E-state index contributed by atoms with van der Waals surface area (Å²) in [5.74, 6) is -0.491. The summed E-state index contributed by atoms with van der Waals surface area (Å²) in [4.78, 5) is 48.9. The Labute approximate surface area is 159 Å². The maximum atomic E-state index is 12.8. The Morgan fingerprint density at radius 3 is 2.61 bits per heavy atom. The molecule has 0 saturated carbocycles. The molecule has 0 radical (unpaired) electrons. The zero-order valence-electron chi connectivity index (χ0n) is 15.9. The second-order valence-corrected chi connectivity index (χ2v) is 6.66. The highest BCUT2D eigenvalue weighted by Gasteiger charge is 2.26. The molecule has 1 aromatic carbocycles. The van der Waals surface area contributed by atoms with Crippen LogP contribution in [-0.2, 0) is 18.9 Å². The number of carbonyl (C=O) groups excluding carboxylic acids is 2. The molecule has 1 aliphatic heterocycles. The lowest BCUT2D eigenvalue weighted by Crippen LogP contribution is -2.43. The monoisotopic (exact) mass is 387 g/mol. The lowest BCUT2D eigenvalue weighted by molar-refractivity contribution is -0.122. The summed E-state index contributed by atoms with van der Waals surface area (Å²) in [5, 5.41) is 5.70. The summed E-state index contributed by atoms with van der Waals surface area (Å²) in [7, 11) is 2.67. The number of nitrogen functional groups attached to an aromatic ring is 1. The fourth-order valence-electron chi connectivity index (χ4n) is 2.92. The Morgan fingerprint density at radius 1 is 1.25 bits per heavy atom. The van der Waals surface area contributed by atoms with Gasteiger partial charge in [-0.15, -0.1) is 0 Å². The van der Waals surface area contributed by atoms with Crippen molar-refractivity contribution in [3.63, 3.8) is 0 Å². The van der Waals surface area contributed by atoms with Gasteiger partial charge in [-0.1, -0.05) is 0 Å². The number of nitrogens with zero attached hydrogens (tertiary/aromatic N) is 2. The Balaban J connectivity index is 1.89. The van der Waals surface area contributed by atoms with Gasteiger partial charge in [0.1, 0.15) is 17.1 Å². The van der Waals surface area contributed by atoms with Crippen molar-refractivity contribution in [1.29, 1.82) is 0 Å². The minimum atomic E-state index is -0.815. The molecular weight excluding hydrogens is 366 g/mol. The number of ether oxygens (including phenoxy) is 1. The van der Waals surface area contributed by atoms with Crippen LogP contribution < -0.4 is 32.4 Å². The van der Waals surface area contributed by atoms with E-state index in [1.54, 1.807) is 32.0 Å². The molecule has 10 heteroatoms. The van der Waals surface area contributed by atoms with E-state index in [9.17, 15) is 19.2 Å². The summed E-state index contributed by atoms with van der Waals surface area (Å²) in [5.41, 5.74) is 5.24. The second kappa shape index (κ2) is 6.87. The van der Waals surface area contributed by atoms with Crippen LogP contribution in [0.2, 0.25) is 0 Å². The minimum Gasteiger partial charge on any atom is -0.479 e. The van der Waals surface area contributed by atoms with E-state index in [1.807, 2.05) is 0 Å². The summed E-state index contributed by atoms with van der Waals surface area (Å²) >= 11 is 0. The van der Waals surface area contributed by atoms with Crippen molar-refractivity contribution in [2.45, 2.75) is 26.0 Å². The lowest BCUT2D eigenvalue weighted by atomic mass is 10.1. The third-order valence-electron chi connectivity index (χ3n) is 4.64. The van der Waals surface area contributed by atoms with Crippen LogP contribution in [0.3, 0.4) is 0 Å². The zero-order valence-corrected chi connectivity index (χ0v) is 15.9. The average Bonchev–Trinajstić information content (AvgIpc) is 2.66. The average molecular weight is 387 g/mol. The maximum absolute atomic E-state index is 12.8. The topological polar surface area (TPSA) is 137 Å². The Hall–Kier alpha value is -3.56. The van der Waals surface area contributed by atoms with Crippen LogP contribution in [0.1, 0.15) is 24.2 Å². The predicted molar refractivity (Wildman–Crippen MR) is 104 cm³/mol. The quantitative estimate of drug-likeness (QED) is 0.631. The number of aromatic nitrogens is 2. The Bertz CT molecular complexity index is 1100. The number of fused-ring (bicyclic) bond motifs is 1. The van der Waals surface area contributed by atoms with Crippen LogP contribution in [0.4, 0.5) is 17.2 Å². The largest absolute Gasteiger partial charge is 0.479 e. The molecule has 0 saturated heterocycles. The highest BCUT2D eigenvalue weighted by atomic mass is 16.5. The van der Waals surface area contributed by atoms with Gasteiger partial charge < -0.3 is 21.1 Å². The van der Waals surface area contributed by atoms with Gasteiger partial charge in [-0.05, 0) is 32.0 Å². The van der Waals surface area contributed by atoms with Gasteiger partial charge in [0.05, 0.1) is 11.7 Å². The third kappa shape index (κ3) is 3.13. The number of hydrogen-bond acceptors (Lipinski definition) is 7. The molecule has 2 aromatic rings. The van der Waals surface area contributed by atoms with Gasteiger partial charge in [-0.3, -0.25) is 23.5 Å². The number of nitrogens with two attached hydrogens (primary N) is 1. The van der Waals surface area contributed by atoms with Crippen molar-refractivity contribution < 1.29 is 14.3 Å². The molecule has 4 N–H and O–H groups in total. The summed E-state index contributed by atoms with van der Waals surface area (Å²) in [6.45, 7) is 3.21. The van der Waals surface area contributed by atoms with E-state index in [4.69, 9.17) is 10.5 Å². The van der Waals surface area contributed by atoms with Gasteiger partial charge in [0.15, 0.2) is 11.9 Å². The van der Waals surface area contributed by atoms with Crippen LogP contribution in [-0.4, -0.2) is 33.0 Å².